The Hall–Kier alpha value is -1.77. The van der Waals surface area contributed by atoms with Crippen molar-refractivity contribution in [2.75, 3.05) is 18.6 Å². The third-order valence-electron chi connectivity index (χ3n) is 2.56. The molecule has 2 rings (SSSR count). The van der Waals surface area contributed by atoms with E-state index in [0.717, 1.165) is 23.7 Å². The van der Waals surface area contributed by atoms with Gasteiger partial charge in [0.15, 0.2) is 0 Å². The number of allylic oxidation sites excluding steroid dienone is 1. The minimum Gasteiger partial charge on any atom is -0.495 e. The Kier molecular flexibility index (Phi) is 2.95. The Labute approximate surface area is 96.1 Å². The zero-order valence-corrected chi connectivity index (χ0v) is 9.90. The van der Waals surface area contributed by atoms with Crippen LogP contribution in [0.2, 0.25) is 0 Å². The van der Waals surface area contributed by atoms with Gasteiger partial charge in [0.2, 0.25) is 0 Å². The molecule has 1 aliphatic rings. The Morgan fingerprint density at radius 1 is 1.31 bits per heavy atom. The van der Waals surface area contributed by atoms with Crippen LogP contribution >= 0.6 is 0 Å². The van der Waals surface area contributed by atoms with Crippen LogP contribution in [-0.4, -0.2) is 19.9 Å². The highest BCUT2D eigenvalue weighted by Crippen LogP contribution is 2.30. The zero-order valence-electron chi connectivity index (χ0n) is 9.90. The van der Waals surface area contributed by atoms with E-state index in [-0.39, 0.29) is 0 Å². The van der Waals surface area contributed by atoms with Crippen LogP contribution in [0.1, 0.15) is 12.5 Å². The number of rotatable bonds is 2. The molecule has 0 amide bonds. The lowest BCUT2D eigenvalue weighted by Gasteiger charge is -2.23. The second-order valence-corrected chi connectivity index (χ2v) is 3.91. The molecular weight excluding hydrogens is 200 g/mol. The van der Waals surface area contributed by atoms with Crippen LogP contribution in [0.25, 0.3) is 0 Å². The third-order valence-corrected chi connectivity index (χ3v) is 2.56. The van der Waals surface area contributed by atoms with Gasteiger partial charge in [-0.15, -0.1) is 0 Å². The molecule has 16 heavy (non-hydrogen) atoms. The van der Waals surface area contributed by atoms with Gasteiger partial charge in [-0.05, 0) is 31.5 Å². The van der Waals surface area contributed by atoms with Gasteiger partial charge < -0.3 is 9.64 Å². The van der Waals surface area contributed by atoms with Gasteiger partial charge in [-0.2, -0.15) is 0 Å². The number of ether oxygens (including phenoxy) is 1. The van der Waals surface area contributed by atoms with Crippen LogP contribution in [0.5, 0.6) is 5.75 Å². The van der Waals surface area contributed by atoms with Gasteiger partial charge >= 0.3 is 0 Å². The van der Waals surface area contributed by atoms with Crippen molar-refractivity contribution in [3.05, 3.63) is 35.7 Å². The minimum absolute atomic E-state index is 0.788. The topological polar surface area (TPSA) is 24.8 Å². The summed E-state index contributed by atoms with van der Waals surface area (Å²) in [4.78, 5) is 6.37. The summed E-state index contributed by atoms with van der Waals surface area (Å²) in [6.07, 6.45) is 3.95. The summed E-state index contributed by atoms with van der Waals surface area (Å²) in [7, 11) is 1.70. The molecule has 0 saturated carbocycles. The third kappa shape index (κ3) is 2.08. The van der Waals surface area contributed by atoms with Crippen molar-refractivity contribution in [3.63, 3.8) is 0 Å². The van der Waals surface area contributed by atoms with Crippen molar-refractivity contribution in [1.29, 1.82) is 0 Å². The van der Waals surface area contributed by atoms with Gasteiger partial charge in [-0.3, -0.25) is 4.99 Å². The zero-order chi connectivity index (χ0) is 11.5. The average Bonchev–Trinajstić information content (AvgIpc) is 2.28. The van der Waals surface area contributed by atoms with Crippen LogP contribution in [-0.2, 0) is 0 Å². The lowest BCUT2D eigenvalue weighted by atomic mass is 10.2. The molecule has 0 unspecified atom stereocenters. The molecule has 0 spiro atoms. The number of hydrogen-bond acceptors (Lipinski definition) is 3. The van der Waals surface area contributed by atoms with Crippen molar-refractivity contribution >= 4 is 11.9 Å². The molecule has 3 nitrogen and oxygen atoms in total. The molecule has 0 saturated heterocycles. The van der Waals surface area contributed by atoms with E-state index in [4.69, 9.17) is 4.74 Å². The molecule has 0 fully saturated rings. The Morgan fingerprint density at radius 2 is 2.12 bits per heavy atom. The summed E-state index contributed by atoms with van der Waals surface area (Å²) >= 11 is 0. The van der Waals surface area contributed by atoms with Crippen molar-refractivity contribution in [2.45, 2.75) is 13.8 Å². The largest absolute Gasteiger partial charge is 0.495 e. The van der Waals surface area contributed by atoms with Gasteiger partial charge in [0.1, 0.15) is 5.75 Å². The summed E-state index contributed by atoms with van der Waals surface area (Å²) in [6.45, 7) is 4.84. The first-order valence-electron chi connectivity index (χ1n) is 5.33. The Morgan fingerprint density at radius 3 is 2.81 bits per heavy atom. The van der Waals surface area contributed by atoms with Crippen molar-refractivity contribution < 1.29 is 4.74 Å². The van der Waals surface area contributed by atoms with Crippen LogP contribution < -0.4 is 9.64 Å². The van der Waals surface area contributed by atoms with E-state index >= 15 is 0 Å². The number of benzene rings is 1. The first kappa shape index (κ1) is 10.7. The summed E-state index contributed by atoms with van der Waals surface area (Å²) < 4.78 is 5.40. The van der Waals surface area contributed by atoms with E-state index in [1.165, 1.54) is 5.56 Å². The quantitative estimate of drug-likeness (QED) is 0.759. The molecular formula is C13H16N2O. The molecule has 0 N–H and O–H groups in total. The van der Waals surface area contributed by atoms with Gasteiger partial charge in [-0.25, -0.2) is 0 Å². The molecule has 0 bridgehead atoms. The number of nitrogens with zero attached hydrogens (tertiary/aromatic N) is 2. The van der Waals surface area contributed by atoms with E-state index in [1.54, 1.807) is 7.11 Å². The predicted octanol–water partition coefficient (Wildman–Crippen LogP) is 2.76. The van der Waals surface area contributed by atoms with E-state index in [1.807, 2.05) is 25.4 Å². The maximum absolute atomic E-state index is 5.40. The molecule has 0 atom stereocenters. The predicted molar refractivity (Wildman–Crippen MR) is 67.3 cm³/mol. The summed E-state index contributed by atoms with van der Waals surface area (Å²) in [6, 6.07) is 6.22. The van der Waals surface area contributed by atoms with Gasteiger partial charge in [0, 0.05) is 12.4 Å². The minimum atomic E-state index is 0.788. The number of aliphatic imine (C=N–C) groups is 1. The Balaban J connectivity index is 2.37. The van der Waals surface area contributed by atoms with Crippen LogP contribution in [0.15, 0.2) is 35.1 Å². The molecule has 84 valence electrons. The molecule has 1 aromatic carbocycles. The number of anilines is 1. The first-order chi connectivity index (χ1) is 7.70. The second kappa shape index (κ2) is 4.39. The molecule has 0 radical (unpaired) electrons. The molecule has 1 aromatic rings. The van der Waals surface area contributed by atoms with Gasteiger partial charge in [0.25, 0.3) is 0 Å². The monoisotopic (exact) mass is 216 g/mol. The van der Waals surface area contributed by atoms with Crippen molar-refractivity contribution in [3.8, 4) is 5.75 Å². The van der Waals surface area contributed by atoms with Crippen molar-refractivity contribution in [2.24, 2.45) is 4.99 Å². The molecule has 0 aliphatic carbocycles. The highest BCUT2D eigenvalue weighted by atomic mass is 16.5. The Bertz CT molecular complexity index is 449. The number of aryl methyl sites for hydroxylation is 1. The normalized spacial score (nSPS) is 14.9. The lowest BCUT2D eigenvalue weighted by Crippen LogP contribution is -2.22. The van der Waals surface area contributed by atoms with Crippen LogP contribution in [0.4, 0.5) is 5.69 Å². The fraction of sp³-hybridized carbons (Fsp3) is 0.308. The smallest absolute Gasteiger partial charge is 0.142 e. The van der Waals surface area contributed by atoms with Crippen molar-refractivity contribution in [1.82, 2.24) is 0 Å². The second-order valence-electron chi connectivity index (χ2n) is 3.91. The van der Waals surface area contributed by atoms with Gasteiger partial charge in [-0.1, -0.05) is 6.07 Å². The van der Waals surface area contributed by atoms with E-state index in [9.17, 15) is 0 Å². The fourth-order valence-electron chi connectivity index (χ4n) is 1.77. The standard InChI is InChI=1S/C13H16N2O/c1-10-4-5-12(13(8-10)16-3)15-7-6-14-11(2)9-15/h4-6,8-9H,7H2,1-3H3. The molecule has 3 heteroatoms. The van der Waals surface area contributed by atoms with Crippen LogP contribution in [0, 0.1) is 6.92 Å². The summed E-state index contributed by atoms with van der Waals surface area (Å²) in [5.41, 5.74) is 3.29. The number of hydrogen-bond donors (Lipinski definition) is 0. The molecule has 0 aromatic heterocycles. The first-order valence-corrected chi connectivity index (χ1v) is 5.33. The highest BCUT2D eigenvalue weighted by Gasteiger charge is 2.11. The fourth-order valence-corrected chi connectivity index (χ4v) is 1.77. The summed E-state index contributed by atoms with van der Waals surface area (Å²) in [5, 5.41) is 0. The van der Waals surface area contributed by atoms with E-state index in [2.05, 4.69) is 28.9 Å². The number of methoxy groups -OCH3 is 1. The maximum Gasteiger partial charge on any atom is 0.142 e. The SMILES string of the molecule is COc1cc(C)ccc1N1C=C(C)N=CC1. The highest BCUT2D eigenvalue weighted by molar-refractivity contribution is 5.73. The van der Waals surface area contributed by atoms with Gasteiger partial charge in [0.05, 0.1) is 25.0 Å². The van der Waals surface area contributed by atoms with Crippen LogP contribution in [0.3, 0.4) is 0 Å². The lowest BCUT2D eigenvalue weighted by molar-refractivity contribution is 0.415. The summed E-state index contributed by atoms with van der Waals surface area (Å²) in [5.74, 6) is 0.902. The maximum atomic E-state index is 5.40. The van der Waals surface area contributed by atoms with E-state index < -0.39 is 0 Å². The van der Waals surface area contributed by atoms with E-state index in [0.29, 0.717) is 0 Å². The molecule has 1 heterocycles. The average molecular weight is 216 g/mol. The molecule has 1 aliphatic heterocycles.